The maximum Gasteiger partial charge on any atom is 0.472 e. The van der Waals surface area contributed by atoms with E-state index in [9.17, 15) is 43.2 Å². The van der Waals surface area contributed by atoms with E-state index in [4.69, 9.17) is 37.0 Å². The van der Waals surface area contributed by atoms with Crippen LogP contribution >= 0.6 is 15.6 Å². The quantitative estimate of drug-likeness (QED) is 0.0222. The summed E-state index contributed by atoms with van der Waals surface area (Å²) in [6.07, 6.45) is 70.8. The summed E-state index contributed by atoms with van der Waals surface area (Å²) in [5.41, 5.74) is 0. The van der Waals surface area contributed by atoms with Crippen molar-refractivity contribution in [3.05, 3.63) is 0 Å². The highest BCUT2D eigenvalue weighted by atomic mass is 31.2. The average Bonchev–Trinajstić information content (AvgIpc) is 0.902. The molecule has 630 valence electrons. The summed E-state index contributed by atoms with van der Waals surface area (Å²) in [6.45, 7) is 9.80. The first-order chi connectivity index (χ1) is 51.4. The maximum absolute atomic E-state index is 13.2. The molecule has 0 aliphatic heterocycles. The van der Waals surface area contributed by atoms with Crippen LogP contribution < -0.4 is 0 Å². The summed E-state index contributed by atoms with van der Waals surface area (Å²) in [4.78, 5) is 73.2. The lowest BCUT2D eigenvalue weighted by atomic mass is 9.99. The van der Waals surface area contributed by atoms with Gasteiger partial charge in [0.25, 0.3) is 0 Å². The van der Waals surface area contributed by atoms with Crippen LogP contribution in [-0.4, -0.2) is 96.7 Å². The van der Waals surface area contributed by atoms with Gasteiger partial charge in [0, 0.05) is 25.7 Å². The standard InChI is InChI=1S/C87H170O17P2/c1-7-11-13-15-17-19-21-40-47-53-59-65-71-86(91)103-82(75-97-84(89)69-63-57-51-45-20-18-16-14-12-8-2)77-101-105(93,94)99-73-81(88)74-100-106(95,96)102-78-83(104-87(92)72-66-60-54-48-42-37-33-29-25-23-27-31-35-39-44-50-56-62-68-80(6)10-4)76-98-85(90)70-64-58-52-46-41-36-32-28-24-22-26-30-34-38-43-49-55-61-67-79(5)9-3/h79-83,88H,7-78H2,1-6H3,(H,93,94)(H,95,96)/t79?,80?,81-,82+,83+/m0/s1. The predicted molar refractivity (Wildman–Crippen MR) is 437 cm³/mol. The average molecular weight is 1550 g/mol. The maximum atomic E-state index is 13.2. The summed E-state index contributed by atoms with van der Waals surface area (Å²) in [5, 5.41) is 10.7. The minimum absolute atomic E-state index is 0.108. The Bertz CT molecular complexity index is 2030. The molecule has 19 heteroatoms. The number of carbonyl (C=O) groups is 4. The SMILES string of the molecule is CCCCCCCCCCCCCCC(=O)O[C@H](COC(=O)CCCCCCCCCCCC)COP(=O)(O)OC[C@H](O)COP(=O)(O)OC[C@@H](COC(=O)CCCCCCCCCCCCCCCCCCCCC(C)CC)OC(=O)CCCCCCCCCCCCCCCCCCCCC(C)CC. The first kappa shape index (κ1) is 104. The molecule has 0 amide bonds. The van der Waals surface area contributed by atoms with Crippen LogP contribution in [0.15, 0.2) is 0 Å². The highest BCUT2D eigenvalue weighted by Crippen LogP contribution is 2.45. The Balaban J connectivity index is 5.19. The molecular formula is C87H170O17P2. The molecule has 4 unspecified atom stereocenters. The summed E-state index contributed by atoms with van der Waals surface area (Å²) < 4.78 is 68.8. The molecule has 0 aliphatic carbocycles. The summed E-state index contributed by atoms with van der Waals surface area (Å²) >= 11 is 0. The molecular weight excluding hydrogens is 1380 g/mol. The number of rotatable bonds is 86. The molecule has 0 fully saturated rings. The molecule has 0 saturated heterocycles. The number of aliphatic hydroxyl groups is 1. The second-order valence-electron chi connectivity index (χ2n) is 31.8. The third kappa shape index (κ3) is 77.4. The Morgan fingerprint density at radius 3 is 0.670 bits per heavy atom. The lowest BCUT2D eigenvalue weighted by Gasteiger charge is -2.21. The van der Waals surface area contributed by atoms with Crippen molar-refractivity contribution in [2.24, 2.45) is 11.8 Å². The van der Waals surface area contributed by atoms with Crippen molar-refractivity contribution in [2.45, 2.75) is 484 Å². The minimum atomic E-state index is -4.97. The van der Waals surface area contributed by atoms with Gasteiger partial charge in [-0.25, -0.2) is 9.13 Å². The van der Waals surface area contributed by atoms with E-state index >= 15 is 0 Å². The first-order valence-corrected chi connectivity index (χ1v) is 48.1. The number of hydrogen-bond donors (Lipinski definition) is 3. The van der Waals surface area contributed by atoms with E-state index in [1.165, 1.54) is 283 Å². The number of phosphoric acid groups is 2. The highest BCUT2D eigenvalue weighted by molar-refractivity contribution is 7.47. The van der Waals surface area contributed by atoms with Crippen LogP contribution in [0.2, 0.25) is 0 Å². The molecule has 0 aromatic carbocycles. The monoisotopic (exact) mass is 1550 g/mol. The topological polar surface area (TPSA) is 237 Å². The van der Waals surface area contributed by atoms with Crippen LogP contribution in [0.1, 0.15) is 465 Å². The molecule has 17 nitrogen and oxygen atoms in total. The van der Waals surface area contributed by atoms with E-state index in [1.807, 2.05) is 0 Å². The van der Waals surface area contributed by atoms with Gasteiger partial charge in [-0.2, -0.15) is 0 Å². The summed E-state index contributed by atoms with van der Waals surface area (Å²) in [6, 6.07) is 0. The molecule has 0 radical (unpaired) electrons. The molecule has 0 aromatic rings. The number of aliphatic hydroxyl groups excluding tert-OH is 1. The van der Waals surface area contributed by atoms with Crippen molar-refractivity contribution in [3.63, 3.8) is 0 Å². The summed E-state index contributed by atoms with van der Waals surface area (Å²) in [5.74, 6) is -0.356. The third-order valence-electron chi connectivity index (χ3n) is 21.2. The largest absolute Gasteiger partial charge is 0.472 e. The van der Waals surface area contributed by atoms with E-state index in [0.717, 1.165) is 102 Å². The molecule has 106 heavy (non-hydrogen) atoms. The number of carbonyl (C=O) groups excluding carboxylic acids is 4. The van der Waals surface area contributed by atoms with Crippen LogP contribution in [0, 0.1) is 11.8 Å². The molecule has 0 heterocycles. The fourth-order valence-electron chi connectivity index (χ4n) is 13.5. The van der Waals surface area contributed by atoms with Crippen LogP contribution in [0.3, 0.4) is 0 Å². The van der Waals surface area contributed by atoms with Gasteiger partial charge in [0.15, 0.2) is 12.2 Å². The zero-order chi connectivity index (χ0) is 77.8. The lowest BCUT2D eigenvalue weighted by molar-refractivity contribution is -0.161. The molecule has 0 bridgehead atoms. The Morgan fingerprint density at radius 2 is 0.453 bits per heavy atom. The van der Waals surface area contributed by atoms with Gasteiger partial charge < -0.3 is 33.8 Å². The normalized spacial score (nSPS) is 14.3. The van der Waals surface area contributed by atoms with E-state index in [-0.39, 0.29) is 25.7 Å². The minimum Gasteiger partial charge on any atom is -0.462 e. The Morgan fingerprint density at radius 1 is 0.264 bits per heavy atom. The number of unbranched alkanes of at least 4 members (excludes halogenated alkanes) is 54. The van der Waals surface area contributed by atoms with Gasteiger partial charge in [-0.3, -0.25) is 37.3 Å². The summed E-state index contributed by atoms with van der Waals surface area (Å²) in [7, 11) is -9.92. The third-order valence-corrected chi connectivity index (χ3v) is 23.1. The van der Waals surface area contributed by atoms with Gasteiger partial charge in [0.2, 0.25) is 0 Å². The fraction of sp³-hybridized carbons (Fsp3) is 0.954. The zero-order valence-corrected chi connectivity index (χ0v) is 71.5. The van der Waals surface area contributed by atoms with E-state index in [1.54, 1.807) is 0 Å². The molecule has 0 spiro atoms. The van der Waals surface area contributed by atoms with Crippen molar-refractivity contribution >= 4 is 39.5 Å². The van der Waals surface area contributed by atoms with E-state index in [0.29, 0.717) is 25.7 Å². The van der Waals surface area contributed by atoms with Gasteiger partial charge in [-0.15, -0.1) is 0 Å². The van der Waals surface area contributed by atoms with Crippen molar-refractivity contribution in [2.75, 3.05) is 39.6 Å². The van der Waals surface area contributed by atoms with Gasteiger partial charge >= 0.3 is 39.5 Å². The molecule has 0 saturated carbocycles. The highest BCUT2D eigenvalue weighted by Gasteiger charge is 2.30. The van der Waals surface area contributed by atoms with Gasteiger partial charge in [0.1, 0.15) is 19.3 Å². The number of hydrogen-bond acceptors (Lipinski definition) is 15. The van der Waals surface area contributed by atoms with Crippen molar-refractivity contribution in [1.82, 2.24) is 0 Å². The number of ether oxygens (including phenoxy) is 4. The molecule has 0 aromatic heterocycles. The fourth-order valence-corrected chi connectivity index (χ4v) is 15.1. The lowest BCUT2D eigenvalue weighted by Crippen LogP contribution is -2.30. The van der Waals surface area contributed by atoms with Gasteiger partial charge in [0.05, 0.1) is 26.4 Å². The Labute approximate surface area is 651 Å². The molecule has 3 N–H and O–H groups in total. The first-order valence-electron chi connectivity index (χ1n) is 45.1. The Hall–Kier alpha value is -1.94. The van der Waals surface area contributed by atoms with Crippen molar-refractivity contribution < 1.29 is 80.2 Å². The molecule has 0 aliphatic rings. The van der Waals surface area contributed by atoms with E-state index < -0.39 is 97.5 Å². The van der Waals surface area contributed by atoms with Crippen LogP contribution in [-0.2, 0) is 65.4 Å². The van der Waals surface area contributed by atoms with Gasteiger partial charge in [-0.1, -0.05) is 414 Å². The predicted octanol–water partition coefficient (Wildman–Crippen LogP) is 26.6. The Kier molecular flexibility index (Phi) is 76.9. The number of esters is 4. The van der Waals surface area contributed by atoms with E-state index in [2.05, 4.69) is 41.5 Å². The second kappa shape index (κ2) is 78.3. The van der Waals surface area contributed by atoms with Crippen LogP contribution in [0.4, 0.5) is 0 Å². The zero-order valence-electron chi connectivity index (χ0n) is 69.7. The molecule has 7 atom stereocenters. The van der Waals surface area contributed by atoms with Crippen molar-refractivity contribution in [3.8, 4) is 0 Å². The van der Waals surface area contributed by atoms with Crippen LogP contribution in [0.25, 0.3) is 0 Å². The van der Waals surface area contributed by atoms with Crippen molar-refractivity contribution in [1.29, 1.82) is 0 Å². The second-order valence-corrected chi connectivity index (χ2v) is 34.7. The number of phosphoric ester groups is 2. The molecule has 0 rings (SSSR count). The smallest absolute Gasteiger partial charge is 0.462 e. The van der Waals surface area contributed by atoms with Gasteiger partial charge in [-0.05, 0) is 37.5 Å². The van der Waals surface area contributed by atoms with Crippen LogP contribution in [0.5, 0.6) is 0 Å².